The van der Waals surface area contributed by atoms with E-state index in [2.05, 4.69) is 4.72 Å². The van der Waals surface area contributed by atoms with Gasteiger partial charge in [-0.3, -0.25) is 4.79 Å². The van der Waals surface area contributed by atoms with Crippen LogP contribution in [0.3, 0.4) is 0 Å². The van der Waals surface area contributed by atoms with Crippen molar-refractivity contribution in [2.24, 2.45) is 5.92 Å². The maximum Gasteiger partial charge on any atom is 0.257 e. The van der Waals surface area contributed by atoms with Gasteiger partial charge in [0.25, 0.3) is 5.91 Å². The molecule has 1 aliphatic rings. The lowest BCUT2D eigenvalue weighted by Crippen LogP contribution is -2.43. The van der Waals surface area contributed by atoms with Gasteiger partial charge in [0.15, 0.2) is 0 Å². The van der Waals surface area contributed by atoms with Crippen LogP contribution in [0.15, 0.2) is 16.7 Å². The maximum atomic E-state index is 12.4. The Morgan fingerprint density at radius 1 is 1.55 bits per heavy atom. The fourth-order valence-corrected chi connectivity index (χ4v) is 3.00. The molecule has 1 N–H and O–H groups in total. The summed E-state index contributed by atoms with van der Waals surface area (Å²) in [6, 6.07) is 1.68. The van der Waals surface area contributed by atoms with Crippen LogP contribution in [0.4, 0.5) is 0 Å². The Kier molecular flexibility index (Phi) is 4.49. The molecule has 1 amide bonds. The molecule has 1 aromatic rings. The smallest absolute Gasteiger partial charge is 0.257 e. The zero-order chi connectivity index (χ0) is 14.8. The normalized spacial score (nSPS) is 20.1. The first kappa shape index (κ1) is 15.1. The fraction of sp³-hybridized carbons (Fsp3) is 0.615. The molecule has 6 nitrogen and oxygen atoms in total. The number of rotatable bonds is 4. The summed E-state index contributed by atoms with van der Waals surface area (Å²) in [5, 5.41) is 0. The SMILES string of the molecule is Cc1occc1C(=O)N1CCC[C@H](CNS(C)(=O)=O)C1. The lowest BCUT2D eigenvalue weighted by molar-refractivity contribution is 0.0674. The number of sulfonamides is 1. The van der Waals surface area contributed by atoms with Gasteiger partial charge in [-0.2, -0.15) is 0 Å². The standard InChI is InChI=1S/C13H20N2O4S/c1-10-12(5-7-19-10)13(16)15-6-3-4-11(9-15)8-14-20(2,17)18/h5,7,11,14H,3-4,6,8-9H2,1-2H3/t11-/m1/s1. The second kappa shape index (κ2) is 5.97. The van der Waals surface area contributed by atoms with Crippen LogP contribution < -0.4 is 4.72 Å². The number of nitrogens with one attached hydrogen (secondary N) is 1. The molecule has 7 heteroatoms. The first-order valence-electron chi connectivity index (χ1n) is 6.65. The van der Waals surface area contributed by atoms with Crippen molar-refractivity contribution in [1.82, 2.24) is 9.62 Å². The van der Waals surface area contributed by atoms with E-state index in [1.807, 2.05) is 0 Å². The van der Waals surface area contributed by atoms with E-state index in [4.69, 9.17) is 4.42 Å². The topological polar surface area (TPSA) is 79.6 Å². The number of furan rings is 1. The van der Waals surface area contributed by atoms with Gasteiger partial charge in [-0.1, -0.05) is 0 Å². The summed E-state index contributed by atoms with van der Waals surface area (Å²) >= 11 is 0. The molecule has 1 saturated heterocycles. The third-order valence-corrected chi connectivity index (χ3v) is 4.22. The monoisotopic (exact) mass is 300 g/mol. The predicted octanol–water partition coefficient (Wildman–Crippen LogP) is 0.989. The third-order valence-electron chi connectivity index (χ3n) is 3.53. The summed E-state index contributed by atoms with van der Waals surface area (Å²) in [7, 11) is -3.18. The molecular formula is C13H20N2O4S. The molecule has 0 bridgehead atoms. The first-order chi connectivity index (χ1) is 9.37. The van der Waals surface area contributed by atoms with Crippen molar-refractivity contribution in [2.45, 2.75) is 19.8 Å². The van der Waals surface area contributed by atoms with E-state index < -0.39 is 10.0 Å². The van der Waals surface area contributed by atoms with Gasteiger partial charge in [0.05, 0.1) is 18.1 Å². The number of likely N-dealkylation sites (tertiary alicyclic amines) is 1. The van der Waals surface area contributed by atoms with E-state index in [1.54, 1.807) is 17.9 Å². The zero-order valence-corrected chi connectivity index (χ0v) is 12.6. The molecule has 112 valence electrons. The molecule has 0 aliphatic carbocycles. The summed E-state index contributed by atoms with van der Waals surface area (Å²) in [6.07, 6.45) is 4.47. The van der Waals surface area contributed by atoms with Gasteiger partial charge in [0.2, 0.25) is 10.0 Å². The number of carbonyl (C=O) groups excluding carboxylic acids is 1. The molecule has 1 aromatic heterocycles. The highest BCUT2D eigenvalue weighted by atomic mass is 32.2. The van der Waals surface area contributed by atoms with E-state index >= 15 is 0 Å². The number of aryl methyl sites for hydroxylation is 1. The van der Waals surface area contributed by atoms with Crippen molar-refractivity contribution in [1.29, 1.82) is 0 Å². The second-order valence-corrected chi connectivity index (χ2v) is 7.10. The summed E-state index contributed by atoms with van der Waals surface area (Å²) in [4.78, 5) is 14.1. The Morgan fingerprint density at radius 2 is 2.30 bits per heavy atom. The van der Waals surface area contributed by atoms with Crippen molar-refractivity contribution in [3.05, 3.63) is 23.7 Å². The molecule has 20 heavy (non-hydrogen) atoms. The number of hydrogen-bond acceptors (Lipinski definition) is 4. The number of hydrogen-bond donors (Lipinski definition) is 1. The number of carbonyl (C=O) groups is 1. The fourth-order valence-electron chi connectivity index (χ4n) is 2.46. The van der Waals surface area contributed by atoms with Crippen LogP contribution in [-0.2, 0) is 10.0 Å². The molecular weight excluding hydrogens is 280 g/mol. The summed E-state index contributed by atoms with van der Waals surface area (Å²) in [6.45, 7) is 3.43. The second-order valence-electron chi connectivity index (χ2n) is 5.27. The number of amides is 1. The minimum Gasteiger partial charge on any atom is -0.469 e. The van der Waals surface area contributed by atoms with E-state index in [9.17, 15) is 13.2 Å². The molecule has 0 aromatic carbocycles. The van der Waals surface area contributed by atoms with E-state index in [-0.39, 0.29) is 11.8 Å². The molecule has 1 aliphatic heterocycles. The van der Waals surface area contributed by atoms with Crippen molar-refractivity contribution < 1.29 is 17.6 Å². The highest BCUT2D eigenvalue weighted by Gasteiger charge is 2.26. The van der Waals surface area contributed by atoms with Crippen molar-refractivity contribution >= 4 is 15.9 Å². The Labute approximate surface area is 119 Å². The molecule has 0 radical (unpaired) electrons. The molecule has 2 rings (SSSR count). The van der Waals surface area contributed by atoms with Gasteiger partial charge in [-0.05, 0) is 31.7 Å². The lowest BCUT2D eigenvalue weighted by atomic mass is 9.97. The van der Waals surface area contributed by atoms with Crippen LogP contribution in [0, 0.1) is 12.8 Å². The minimum atomic E-state index is -3.18. The van der Waals surface area contributed by atoms with Gasteiger partial charge >= 0.3 is 0 Å². The van der Waals surface area contributed by atoms with Crippen LogP contribution in [0.1, 0.15) is 29.0 Å². The average Bonchev–Trinajstić information content (AvgIpc) is 2.81. The molecule has 1 atom stereocenters. The van der Waals surface area contributed by atoms with Gasteiger partial charge in [0.1, 0.15) is 5.76 Å². The number of nitrogens with zero attached hydrogens (tertiary/aromatic N) is 1. The van der Waals surface area contributed by atoms with E-state index in [0.717, 1.165) is 19.1 Å². The summed E-state index contributed by atoms with van der Waals surface area (Å²) < 4.78 is 29.9. The predicted molar refractivity (Wildman–Crippen MR) is 74.9 cm³/mol. The average molecular weight is 300 g/mol. The summed E-state index contributed by atoms with van der Waals surface area (Å²) in [5.41, 5.74) is 0.585. The Hall–Kier alpha value is -1.34. The largest absolute Gasteiger partial charge is 0.469 e. The van der Waals surface area contributed by atoms with Crippen molar-refractivity contribution in [3.63, 3.8) is 0 Å². The quantitative estimate of drug-likeness (QED) is 0.899. The molecule has 2 heterocycles. The van der Waals surface area contributed by atoms with Crippen molar-refractivity contribution in [2.75, 3.05) is 25.9 Å². The molecule has 1 fully saturated rings. The van der Waals surface area contributed by atoms with Crippen LogP contribution in [0.5, 0.6) is 0 Å². The first-order valence-corrected chi connectivity index (χ1v) is 8.54. The van der Waals surface area contributed by atoms with Gasteiger partial charge in [-0.25, -0.2) is 13.1 Å². The Balaban J connectivity index is 1.97. The van der Waals surface area contributed by atoms with Crippen LogP contribution in [0.25, 0.3) is 0 Å². The molecule has 0 saturated carbocycles. The zero-order valence-electron chi connectivity index (χ0n) is 11.8. The van der Waals surface area contributed by atoms with E-state index in [1.165, 1.54) is 6.26 Å². The van der Waals surface area contributed by atoms with Crippen LogP contribution in [0.2, 0.25) is 0 Å². The Bertz CT molecular complexity index is 579. The van der Waals surface area contributed by atoms with Crippen molar-refractivity contribution in [3.8, 4) is 0 Å². The van der Waals surface area contributed by atoms with Gasteiger partial charge in [-0.15, -0.1) is 0 Å². The lowest BCUT2D eigenvalue weighted by Gasteiger charge is -2.32. The maximum absolute atomic E-state index is 12.4. The Morgan fingerprint density at radius 3 is 2.90 bits per heavy atom. The van der Waals surface area contributed by atoms with Gasteiger partial charge in [0, 0.05) is 19.6 Å². The van der Waals surface area contributed by atoms with Gasteiger partial charge < -0.3 is 9.32 Å². The highest BCUT2D eigenvalue weighted by Crippen LogP contribution is 2.20. The van der Waals surface area contributed by atoms with E-state index in [0.29, 0.717) is 31.0 Å². The number of piperidine rings is 1. The van der Waals surface area contributed by atoms with Crippen LogP contribution >= 0.6 is 0 Å². The minimum absolute atomic E-state index is 0.0414. The van der Waals surface area contributed by atoms with Crippen LogP contribution in [-0.4, -0.2) is 45.1 Å². The summed E-state index contributed by atoms with van der Waals surface area (Å²) in [5.74, 6) is 0.737. The highest BCUT2D eigenvalue weighted by molar-refractivity contribution is 7.88. The molecule has 0 unspecified atom stereocenters. The molecule has 0 spiro atoms. The third kappa shape index (κ3) is 3.83.